The molecule has 0 amide bonds. The maximum absolute atomic E-state index is 3.78. The van der Waals surface area contributed by atoms with Crippen molar-refractivity contribution in [1.82, 2.24) is 0 Å². The van der Waals surface area contributed by atoms with Crippen LogP contribution < -0.4 is 0 Å². The zero-order valence-electron chi connectivity index (χ0n) is 20.2. The minimum absolute atomic E-state index is 1.06. The first-order valence-corrected chi connectivity index (χ1v) is 19.1. The Hall–Kier alpha value is 0.447. The quantitative estimate of drug-likeness (QED) is 0.105. The summed E-state index contributed by atoms with van der Waals surface area (Å²) in [4.78, 5) is 4.45. The van der Waals surface area contributed by atoms with E-state index in [1.165, 1.54) is 107 Å². The molecule has 176 valence electrons. The van der Waals surface area contributed by atoms with Gasteiger partial charge in [-0.05, 0) is 52.2 Å². The summed E-state index contributed by atoms with van der Waals surface area (Å²) in [5.74, 6) is 1.26. The molecule has 5 heteroatoms. The molecule has 0 atom stereocenters. The van der Waals surface area contributed by atoms with Crippen molar-refractivity contribution < 1.29 is 0 Å². The molecule has 0 saturated carbocycles. The number of hydrogen-bond acceptors (Lipinski definition) is 3. The third kappa shape index (κ3) is 10.1. The maximum atomic E-state index is 3.78. The summed E-state index contributed by atoms with van der Waals surface area (Å²) in [7, 11) is -1.06. The lowest BCUT2D eigenvalue weighted by atomic mass is 10.1. The van der Waals surface area contributed by atoms with Gasteiger partial charge in [0.15, 0.2) is 0 Å². The fourth-order valence-corrected chi connectivity index (χ4v) is 12.4. The Morgan fingerprint density at radius 3 is 2.23 bits per heavy atom. The van der Waals surface area contributed by atoms with E-state index >= 15 is 0 Å². The van der Waals surface area contributed by atoms with Crippen molar-refractivity contribution in [1.29, 1.82) is 0 Å². The number of halogens is 1. The Balaban J connectivity index is 1.94. The van der Waals surface area contributed by atoms with E-state index in [-0.39, 0.29) is 0 Å². The molecule has 0 nitrogen and oxygen atoms in total. The van der Waals surface area contributed by atoms with Gasteiger partial charge in [-0.1, -0.05) is 96.8 Å². The molecular weight excluding hydrogens is 516 g/mol. The first kappa shape index (κ1) is 27.7. The van der Waals surface area contributed by atoms with Crippen molar-refractivity contribution in [2.24, 2.45) is 0 Å². The van der Waals surface area contributed by atoms with Crippen molar-refractivity contribution in [2.75, 3.05) is 5.75 Å². The summed E-state index contributed by atoms with van der Waals surface area (Å²) in [6.07, 6.45) is 13.6. The van der Waals surface area contributed by atoms with E-state index in [1.807, 2.05) is 34.4 Å². The van der Waals surface area contributed by atoms with Crippen LogP contribution in [-0.4, -0.2) is 13.8 Å². The third-order valence-corrected chi connectivity index (χ3v) is 15.0. The lowest BCUT2D eigenvalue weighted by Gasteiger charge is -2.27. The predicted octanol–water partition coefficient (Wildman–Crippen LogP) is 11.5. The van der Waals surface area contributed by atoms with E-state index < -0.39 is 8.07 Å². The van der Waals surface area contributed by atoms with Crippen molar-refractivity contribution in [3.63, 3.8) is 0 Å². The fraction of sp³-hybridized carbons (Fsp3) is 0.692. The Kier molecular flexibility index (Phi) is 13.7. The average molecular weight is 560 g/mol. The Morgan fingerprint density at radius 2 is 1.55 bits per heavy atom. The number of thiophene rings is 2. The number of aryl methyl sites for hydroxylation is 1. The minimum atomic E-state index is -1.06. The molecule has 0 aliphatic carbocycles. The van der Waals surface area contributed by atoms with Gasteiger partial charge in [-0.25, -0.2) is 0 Å². The van der Waals surface area contributed by atoms with Gasteiger partial charge in [-0.3, -0.25) is 0 Å². The molecule has 2 aromatic rings. The first-order chi connectivity index (χ1) is 15.0. The number of hydrogen-bond donors (Lipinski definition) is 0. The van der Waals surface area contributed by atoms with E-state index in [9.17, 15) is 0 Å². The second-order valence-electron chi connectivity index (χ2n) is 9.33. The van der Waals surface area contributed by atoms with Crippen LogP contribution in [0.2, 0.25) is 24.7 Å². The highest BCUT2D eigenvalue weighted by Crippen LogP contribution is 2.41. The Labute approximate surface area is 214 Å². The fourth-order valence-electron chi connectivity index (χ4n) is 4.31. The topological polar surface area (TPSA) is 0 Å². The zero-order valence-corrected chi connectivity index (χ0v) is 25.3. The van der Waals surface area contributed by atoms with Crippen LogP contribution in [0.1, 0.15) is 84.1 Å². The van der Waals surface area contributed by atoms with E-state index in [0.717, 1.165) is 0 Å². The van der Waals surface area contributed by atoms with Gasteiger partial charge < -0.3 is 0 Å². The standard InChI is InChI=1S/C26H43BrS3Si/c1-5-8-11-12-15-28-23-20-24(29-21-23)26-22(19-25(27)30-26)14-13-18-31(4,16-9-6-2)17-10-7-3/h19-21H,5-18H2,1-4H3. The Bertz CT molecular complexity index is 729. The lowest BCUT2D eigenvalue weighted by molar-refractivity contribution is 0.706. The SMILES string of the molecule is CCCCCCSc1csc(-c2sc(Br)cc2CCC[Si](C)(CCCC)CCCC)c1. The average Bonchev–Trinajstić information content (AvgIpc) is 3.37. The molecule has 0 radical (unpaired) electrons. The largest absolute Gasteiger partial charge is 0.142 e. The minimum Gasteiger partial charge on any atom is -0.142 e. The third-order valence-electron chi connectivity index (χ3n) is 6.34. The molecule has 0 saturated heterocycles. The van der Waals surface area contributed by atoms with Gasteiger partial charge in [0.05, 0.1) is 11.9 Å². The normalized spacial score (nSPS) is 12.0. The molecular formula is C26H43BrS3Si. The zero-order chi connectivity index (χ0) is 22.5. The molecule has 0 bridgehead atoms. The highest BCUT2D eigenvalue weighted by atomic mass is 79.9. The van der Waals surface area contributed by atoms with Crippen LogP contribution in [0.15, 0.2) is 26.2 Å². The molecule has 2 rings (SSSR count). The van der Waals surface area contributed by atoms with Crippen LogP contribution in [0.25, 0.3) is 9.75 Å². The highest BCUT2D eigenvalue weighted by Gasteiger charge is 2.25. The van der Waals surface area contributed by atoms with Crippen molar-refractivity contribution >= 4 is 58.4 Å². The molecule has 0 N–H and O–H groups in total. The van der Waals surface area contributed by atoms with E-state index in [2.05, 4.69) is 60.8 Å². The Morgan fingerprint density at radius 1 is 0.871 bits per heavy atom. The van der Waals surface area contributed by atoms with Crippen molar-refractivity contribution in [3.05, 3.63) is 26.9 Å². The van der Waals surface area contributed by atoms with Gasteiger partial charge >= 0.3 is 0 Å². The van der Waals surface area contributed by atoms with Gasteiger partial charge in [-0.2, -0.15) is 0 Å². The lowest BCUT2D eigenvalue weighted by Crippen LogP contribution is -2.29. The molecule has 0 aliphatic heterocycles. The highest BCUT2D eigenvalue weighted by molar-refractivity contribution is 9.11. The van der Waals surface area contributed by atoms with E-state index in [1.54, 1.807) is 5.56 Å². The van der Waals surface area contributed by atoms with Crippen LogP contribution in [0.3, 0.4) is 0 Å². The number of rotatable bonds is 17. The predicted molar refractivity (Wildman–Crippen MR) is 154 cm³/mol. The van der Waals surface area contributed by atoms with Crippen LogP contribution >= 0.6 is 50.4 Å². The van der Waals surface area contributed by atoms with Crippen LogP contribution in [0.4, 0.5) is 0 Å². The molecule has 0 unspecified atom stereocenters. The molecule has 2 aromatic heterocycles. The van der Waals surface area contributed by atoms with Crippen LogP contribution in [-0.2, 0) is 6.42 Å². The molecule has 0 aromatic carbocycles. The number of thioether (sulfide) groups is 1. The van der Waals surface area contributed by atoms with Crippen LogP contribution in [0.5, 0.6) is 0 Å². The summed E-state index contributed by atoms with van der Waals surface area (Å²) in [6, 6.07) is 9.41. The second kappa shape index (κ2) is 15.4. The summed E-state index contributed by atoms with van der Waals surface area (Å²) in [6.45, 7) is 9.67. The summed E-state index contributed by atoms with van der Waals surface area (Å²) < 4.78 is 1.29. The molecule has 0 fully saturated rings. The van der Waals surface area contributed by atoms with Gasteiger partial charge in [0.1, 0.15) is 0 Å². The first-order valence-electron chi connectivity index (χ1n) is 12.5. The maximum Gasteiger partial charge on any atom is 0.0708 e. The molecule has 0 aliphatic rings. The molecule has 2 heterocycles. The van der Waals surface area contributed by atoms with E-state index in [0.29, 0.717) is 0 Å². The van der Waals surface area contributed by atoms with Gasteiger partial charge in [0.2, 0.25) is 0 Å². The smallest absolute Gasteiger partial charge is 0.0708 e. The molecule has 0 spiro atoms. The monoisotopic (exact) mass is 558 g/mol. The van der Waals surface area contributed by atoms with Crippen molar-refractivity contribution in [3.8, 4) is 9.75 Å². The van der Waals surface area contributed by atoms with Crippen molar-refractivity contribution in [2.45, 2.75) is 115 Å². The van der Waals surface area contributed by atoms with Gasteiger partial charge in [-0.15, -0.1) is 34.4 Å². The van der Waals surface area contributed by atoms with Gasteiger partial charge in [0.25, 0.3) is 0 Å². The summed E-state index contributed by atoms with van der Waals surface area (Å²) in [5, 5.41) is 2.37. The van der Waals surface area contributed by atoms with Gasteiger partial charge in [0, 0.05) is 20.0 Å². The number of unbranched alkanes of at least 4 members (excludes halogenated alkanes) is 5. The van der Waals surface area contributed by atoms with Crippen LogP contribution in [0, 0.1) is 0 Å². The second-order valence-corrected chi connectivity index (χ2v) is 19.0. The van der Waals surface area contributed by atoms with E-state index in [4.69, 9.17) is 0 Å². The summed E-state index contributed by atoms with van der Waals surface area (Å²) >= 11 is 9.69. The molecule has 31 heavy (non-hydrogen) atoms. The summed E-state index contributed by atoms with van der Waals surface area (Å²) in [5.41, 5.74) is 1.57.